The molecular formula is C26H21F2N5O4S. The molecule has 0 spiro atoms. The Bertz CT molecular complexity index is 1840. The Morgan fingerprint density at radius 2 is 2.00 bits per heavy atom. The molecule has 0 aliphatic carbocycles. The molecular weight excluding hydrogens is 516 g/mol. The zero-order valence-electron chi connectivity index (χ0n) is 20.1. The van der Waals surface area contributed by atoms with Gasteiger partial charge >= 0.3 is 0 Å². The van der Waals surface area contributed by atoms with Crippen molar-refractivity contribution in [2.75, 3.05) is 25.2 Å². The van der Waals surface area contributed by atoms with Crippen LogP contribution in [0.25, 0.3) is 22.3 Å². The minimum atomic E-state index is -1.09. The molecule has 2 N–H and O–H groups in total. The van der Waals surface area contributed by atoms with Crippen LogP contribution in [0.5, 0.6) is 5.75 Å². The highest BCUT2D eigenvalue weighted by Gasteiger charge is 2.38. The van der Waals surface area contributed by atoms with Gasteiger partial charge in [-0.2, -0.15) is 0 Å². The number of benzene rings is 2. The van der Waals surface area contributed by atoms with Crippen molar-refractivity contribution < 1.29 is 23.4 Å². The summed E-state index contributed by atoms with van der Waals surface area (Å²) < 4.78 is 41.5. The summed E-state index contributed by atoms with van der Waals surface area (Å²) in [4.78, 5) is 27.7. The number of hydrogen-bond donors (Lipinski definition) is 2. The van der Waals surface area contributed by atoms with Crippen LogP contribution in [0.4, 0.5) is 8.78 Å². The van der Waals surface area contributed by atoms with Crippen LogP contribution >= 0.6 is 12.2 Å². The fraction of sp³-hybridized carbons (Fsp3) is 0.269. The van der Waals surface area contributed by atoms with Gasteiger partial charge in [-0.25, -0.2) is 13.5 Å². The summed E-state index contributed by atoms with van der Waals surface area (Å²) in [7, 11) is 1.83. The average molecular weight is 538 g/mol. The second-order valence-corrected chi connectivity index (χ2v) is 10.1. The quantitative estimate of drug-likeness (QED) is 0.320. The van der Waals surface area contributed by atoms with Crippen LogP contribution in [0.2, 0.25) is 0 Å². The molecule has 4 aromatic rings. The molecule has 5 heterocycles. The Kier molecular flexibility index (Phi) is 4.86. The van der Waals surface area contributed by atoms with Crippen molar-refractivity contribution in [2.24, 2.45) is 7.05 Å². The summed E-state index contributed by atoms with van der Waals surface area (Å²) in [6, 6.07) is 7.88. The molecule has 0 radical (unpaired) electrons. The smallest absolute Gasteiger partial charge is 0.278 e. The Hall–Kier alpha value is -4.03. The van der Waals surface area contributed by atoms with Crippen molar-refractivity contribution in [3.05, 3.63) is 79.3 Å². The van der Waals surface area contributed by atoms with E-state index in [1.165, 1.54) is 9.58 Å². The van der Waals surface area contributed by atoms with Gasteiger partial charge in [-0.1, -0.05) is 12.1 Å². The van der Waals surface area contributed by atoms with Gasteiger partial charge < -0.3 is 29.3 Å². The summed E-state index contributed by atoms with van der Waals surface area (Å²) in [5.41, 5.74) is 5.57. The Balaban J connectivity index is 1.52. The van der Waals surface area contributed by atoms with E-state index in [-0.39, 0.29) is 48.6 Å². The summed E-state index contributed by atoms with van der Waals surface area (Å²) in [5, 5.41) is 10.6. The van der Waals surface area contributed by atoms with Crippen LogP contribution < -0.4 is 10.9 Å². The lowest BCUT2D eigenvalue weighted by molar-refractivity contribution is -0.00300. The van der Waals surface area contributed by atoms with Gasteiger partial charge in [-0.05, 0) is 35.5 Å². The molecule has 12 heteroatoms. The van der Waals surface area contributed by atoms with E-state index in [1.807, 2.05) is 29.8 Å². The fourth-order valence-electron chi connectivity index (χ4n) is 5.86. The van der Waals surface area contributed by atoms with Crippen LogP contribution in [-0.4, -0.2) is 55.6 Å². The van der Waals surface area contributed by atoms with Crippen LogP contribution in [0.15, 0.2) is 35.1 Å². The van der Waals surface area contributed by atoms with Crippen molar-refractivity contribution in [3.8, 4) is 17.0 Å². The third-order valence-corrected chi connectivity index (χ3v) is 8.20. The van der Waals surface area contributed by atoms with Crippen LogP contribution in [0, 0.1) is 16.4 Å². The number of halogens is 2. The normalized spacial score (nSPS) is 18.0. The van der Waals surface area contributed by atoms with Crippen molar-refractivity contribution in [1.82, 2.24) is 18.7 Å². The number of ether oxygens (including phenoxy) is 1. The number of carbonyl (C=O) groups is 1. The molecule has 1 saturated heterocycles. The number of rotatable bonds is 1. The summed E-state index contributed by atoms with van der Waals surface area (Å²) >= 11 is 5.63. The summed E-state index contributed by atoms with van der Waals surface area (Å²) in [6.45, 7) is 0.771. The van der Waals surface area contributed by atoms with E-state index < -0.39 is 34.9 Å². The molecule has 0 unspecified atom stereocenters. The van der Waals surface area contributed by atoms with Crippen LogP contribution in [0.1, 0.15) is 27.2 Å². The number of nitrogens with one attached hydrogen (secondary N) is 1. The Morgan fingerprint density at radius 3 is 2.82 bits per heavy atom. The number of amides is 1. The zero-order valence-corrected chi connectivity index (χ0v) is 20.9. The highest BCUT2D eigenvalue weighted by Crippen LogP contribution is 2.38. The average Bonchev–Trinajstić information content (AvgIpc) is 3.05. The third kappa shape index (κ3) is 3.01. The first-order valence-corrected chi connectivity index (χ1v) is 12.5. The van der Waals surface area contributed by atoms with Crippen LogP contribution in [0.3, 0.4) is 0 Å². The number of aromatic nitrogens is 3. The van der Waals surface area contributed by atoms with E-state index in [9.17, 15) is 14.7 Å². The lowest BCUT2D eigenvalue weighted by Gasteiger charge is -2.42. The number of fused-ring (bicyclic) bond motifs is 3. The molecule has 3 aliphatic heterocycles. The lowest BCUT2D eigenvalue weighted by atomic mass is 9.92. The number of hydrogen-bond acceptors (Lipinski definition) is 6. The molecule has 1 amide bonds. The number of para-hydroxylation sites is 1. The predicted molar refractivity (Wildman–Crippen MR) is 136 cm³/mol. The van der Waals surface area contributed by atoms with Gasteiger partial charge in [0.05, 0.1) is 36.5 Å². The van der Waals surface area contributed by atoms with Gasteiger partial charge in [-0.3, -0.25) is 9.59 Å². The molecule has 1 fully saturated rings. The minimum absolute atomic E-state index is 0.00904. The van der Waals surface area contributed by atoms with Crippen molar-refractivity contribution in [1.29, 1.82) is 0 Å². The van der Waals surface area contributed by atoms with Gasteiger partial charge in [-0.15, -0.1) is 0 Å². The molecule has 9 nitrogen and oxygen atoms in total. The first-order valence-electron chi connectivity index (χ1n) is 12.1. The molecule has 0 saturated carbocycles. The minimum Gasteiger partial charge on any atom is -0.502 e. The van der Waals surface area contributed by atoms with Crippen molar-refractivity contribution in [3.63, 3.8) is 0 Å². The Labute approximate surface area is 219 Å². The van der Waals surface area contributed by atoms with E-state index in [0.29, 0.717) is 16.9 Å². The molecule has 2 aromatic carbocycles. The molecule has 3 aliphatic rings. The number of carbonyl (C=O) groups excluding carboxylic acids is 1. The number of morpholine rings is 1. The number of nitrogens with zero attached hydrogens (tertiary/aromatic N) is 4. The molecule has 0 bridgehead atoms. The maximum absolute atomic E-state index is 15.4. The third-order valence-electron chi connectivity index (χ3n) is 7.70. The standard InChI is InChI=1S/C26H21F2N5O4S/c1-30-17-4-2-3-12-7-13-14(8-16(27)21(28)15(13)10-32(22(12)17)26(30)38)18-9-19(34)24(35)23-25(36)31-5-6-37-11-20(31)29-33(18)23/h2-4,8-9,20,29,35H,5-7,10-11H2,1H3/t20-/m0/s1. The summed E-state index contributed by atoms with van der Waals surface area (Å²) in [6.07, 6.45) is -0.333. The highest BCUT2D eigenvalue weighted by molar-refractivity contribution is 7.71. The second-order valence-electron chi connectivity index (χ2n) is 9.71. The second kappa shape index (κ2) is 7.98. The summed E-state index contributed by atoms with van der Waals surface area (Å²) in [5.74, 6) is -3.35. The highest BCUT2D eigenvalue weighted by atomic mass is 32.1. The van der Waals surface area contributed by atoms with Crippen molar-refractivity contribution >= 4 is 29.2 Å². The van der Waals surface area contributed by atoms with E-state index in [4.69, 9.17) is 17.0 Å². The zero-order chi connectivity index (χ0) is 26.5. The van der Waals surface area contributed by atoms with Crippen molar-refractivity contribution in [2.45, 2.75) is 19.1 Å². The Morgan fingerprint density at radius 1 is 1.18 bits per heavy atom. The number of imidazole rings is 1. The van der Waals surface area contributed by atoms with Gasteiger partial charge in [0, 0.05) is 37.2 Å². The van der Waals surface area contributed by atoms with E-state index >= 15 is 8.78 Å². The van der Waals surface area contributed by atoms with E-state index in [2.05, 4.69) is 5.43 Å². The van der Waals surface area contributed by atoms with Gasteiger partial charge in [0.2, 0.25) is 5.43 Å². The number of aromatic hydroxyl groups is 1. The molecule has 1 atom stereocenters. The fourth-order valence-corrected chi connectivity index (χ4v) is 6.11. The number of aryl methyl sites for hydroxylation is 1. The van der Waals surface area contributed by atoms with Gasteiger partial charge in [0.25, 0.3) is 5.91 Å². The van der Waals surface area contributed by atoms with Gasteiger partial charge in [0.15, 0.2) is 27.8 Å². The number of pyridine rings is 1. The molecule has 194 valence electrons. The van der Waals surface area contributed by atoms with E-state index in [1.54, 1.807) is 4.57 Å². The monoisotopic (exact) mass is 537 g/mol. The largest absolute Gasteiger partial charge is 0.502 e. The maximum atomic E-state index is 15.4. The SMILES string of the molecule is Cn1c(=S)n2c3c(cccc31)Cc1c(-c3cc(=O)c(O)c4n3N[C@@H]3COCCN3C4=O)cc(F)c(F)c1C2. The maximum Gasteiger partial charge on any atom is 0.278 e. The van der Waals surface area contributed by atoms with Crippen LogP contribution in [-0.2, 0) is 24.8 Å². The first kappa shape index (κ1) is 23.1. The van der Waals surface area contributed by atoms with Gasteiger partial charge in [0.1, 0.15) is 6.17 Å². The predicted octanol–water partition coefficient (Wildman–Crippen LogP) is 2.83. The molecule has 7 rings (SSSR count). The van der Waals surface area contributed by atoms with E-state index in [0.717, 1.165) is 28.7 Å². The first-order chi connectivity index (χ1) is 18.3. The molecule has 38 heavy (non-hydrogen) atoms. The lowest BCUT2D eigenvalue weighted by Crippen LogP contribution is -2.59. The molecule has 2 aromatic heterocycles. The topological polar surface area (TPSA) is 93.7 Å².